The van der Waals surface area contributed by atoms with Crippen LogP contribution >= 0.6 is 27.7 Å². The number of thioether (sulfide) groups is 1. The van der Waals surface area contributed by atoms with Crippen LogP contribution in [0.4, 0.5) is 0 Å². The molecule has 8 heteroatoms. The molecule has 4 rings (SSSR count). The van der Waals surface area contributed by atoms with Crippen molar-refractivity contribution in [3.63, 3.8) is 0 Å². The third kappa shape index (κ3) is 4.65. The van der Waals surface area contributed by atoms with Crippen molar-refractivity contribution in [2.24, 2.45) is 0 Å². The Hall–Kier alpha value is -2.32. The summed E-state index contributed by atoms with van der Waals surface area (Å²) < 4.78 is 0. The normalized spacial score (nSPS) is 23.8. The Morgan fingerprint density at radius 3 is 2.58 bits per heavy atom. The molecule has 2 amide bonds. The van der Waals surface area contributed by atoms with Crippen molar-refractivity contribution in [1.29, 1.82) is 0 Å². The van der Waals surface area contributed by atoms with Gasteiger partial charge < -0.3 is 15.3 Å². The molecule has 0 unspecified atom stereocenters. The minimum absolute atomic E-state index is 0.281. The molecule has 0 radical (unpaired) electrons. The van der Waals surface area contributed by atoms with Crippen molar-refractivity contribution < 1.29 is 19.5 Å². The first-order valence-corrected chi connectivity index (χ1v) is 12.2. The van der Waals surface area contributed by atoms with Crippen LogP contribution in [0.25, 0.3) is 0 Å². The summed E-state index contributed by atoms with van der Waals surface area (Å²) >= 11 is 4.99. The van der Waals surface area contributed by atoms with Crippen LogP contribution in [0.3, 0.4) is 0 Å². The highest BCUT2D eigenvalue weighted by atomic mass is 79.9. The van der Waals surface area contributed by atoms with E-state index in [1.54, 1.807) is 11.8 Å². The second-order valence-corrected chi connectivity index (χ2v) is 9.95. The van der Waals surface area contributed by atoms with Crippen LogP contribution in [0.15, 0.2) is 54.6 Å². The van der Waals surface area contributed by atoms with Crippen LogP contribution < -0.4 is 5.32 Å². The maximum absolute atomic E-state index is 13.5. The molecule has 6 nitrogen and oxygen atoms in total. The number of amides is 2. The Bertz CT molecular complexity index is 987. The molecular formula is C23H23BrN2O4S. The summed E-state index contributed by atoms with van der Waals surface area (Å²) in [4.78, 5) is 39.3. The zero-order valence-electron chi connectivity index (χ0n) is 16.7. The van der Waals surface area contributed by atoms with E-state index in [1.165, 1.54) is 4.90 Å². The van der Waals surface area contributed by atoms with Crippen molar-refractivity contribution in [3.8, 4) is 0 Å². The second-order valence-electron chi connectivity index (χ2n) is 7.77. The SMILES string of the molecule is O=C(N[C@@H]1Cc2ccccc2[C@@H]2CSC[C@H](C(=O)O)N2C1=O)[C@H](Br)Cc1ccccc1. The van der Waals surface area contributed by atoms with Gasteiger partial charge in [-0.2, -0.15) is 11.8 Å². The first kappa shape index (κ1) is 21.9. The highest BCUT2D eigenvalue weighted by Gasteiger charge is 2.45. The summed E-state index contributed by atoms with van der Waals surface area (Å²) in [7, 11) is 0. The van der Waals surface area contributed by atoms with Gasteiger partial charge >= 0.3 is 5.97 Å². The molecule has 4 atom stereocenters. The van der Waals surface area contributed by atoms with Gasteiger partial charge in [-0.1, -0.05) is 70.5 Å². The van der Waals surface area contributed by atoms with Gasteiger partial charge in [0.2, 0.25) is 11.8 Å². The Balaban J connectivity index is 1.59. The van der Waals surface area contributed by atoms with E-state index in [2.05, 4.69) is 21.2 Å². The summed E-state index contributed by atoms with van der Waals surface area (Å²) in [5.74, 6) is -0.645. The smallest absolute Gasteiger partial charge is 0.327 e. The number of hydrogen-bond acceptors (Lipinski definition) is 4. The first-order chi connectivity index (χ1) is 15.0. The molecule has 1 fully saturated rings. The molecule has 0 spiro atoms. The van der Waals surface area contributed by atoms with Gasteiger partial charge in [-0.25, -0.2) is 4.79 Å². The van der Waals surface area contributed by atoms with Gasteiger partial charge in [-0.3, -0.25) is 9.59 Å². The van der Waals surface area contributed by atoms with Crippen LogP contribution in [-0.4, -0.2) is 56.2 Å². The van der Waals surface area contributed by atoms with Crippen molar-refractivity contribution in [1.82, 2.24) is 10.2 Å². The largest absolute Gasteiger partial charge is 0.480 e. The summed E-state index contributed by atoms with van der Waals surface area (Å²) in [6.45, 7) is 0. The predicted molar refractivity (Wildman–Crippen MR) is 123 cm³/mol. The predicted octanol–water partition coefficient (Wildman–Crippen LogP) is 2.80. The number of alkyl halides is 1. The third-order valence-corrected chi connectivity index (χ3v) is 7.60. The molecule has 2 N–H and O–H groups in total. The highest BCUT2D eigenvalue weighted by Crippen LogP contribution is 2.38. The first-order valence-electron chi connectivity index (χ1n) is 10.1. The molecule has 2 aromatic rings. The quantitative estimate of drug-likeness (QED) is 0.613. The summed E-state index contributed by atoms with van der Waals surface area (Å²) in [5.41, 5.74) is 2.94. The number of carbonyl (C=O) groups is 3. The number of halogens is 1. The zero-order valence-corrected chi connectivity index (χ0v) is 19.1. The van der Waals surface area contributed by atoms with E-state index in [9.17, 15) is 19.5 Å². The van der Waals surface area contributed by atoms with Crippen LogP contribution in [0.5, 0.6) is 0 Å². The van der Waals surface area contributed by atoms with Gasteiger partial charge in [0.1, 0.15) is 12.1 Å². The average Bonchev–Trinajstić information content (AvgIpc) is 2.89. The monoisotopic (exact) mass is 502 g/mol. The molecule has 31 heavy (non-hydrogen) atoms. The number of aliphatic carboxylic acids is 1. The maximum atomic E-state index is 13.5. The number of rotatable bonds is 5. The number of carbonyl (C=O) groups excluding carboxylic acids is 2. The molecule has 2 aromatic carbocycles. The average molecular weight is 503 g/mol. The van der Waals surface area contributed by atoms with Gasteiger partial charge in [-0.15, -0.1) is 0 Å². The lowest BCUT2D eigenvalue weighted by Crippen LogP contribution is -2.57. The summed E-state index contributed by atoms with van der Waals surface area (Å²) in [6, 6.07) is 15.3. The molecular weight excluding hydrogens is 480 g/mol. The van der Waals surface area contributed by atoms with E-state index < -0.39 is 22.9 Å². The molecule has 2 aliphatic heterocycles. The van der Waals surface area contributed by atoms with E-state index in [1.807, 2.05) is 54.6 Å². The fourth-order valence-electron chi connectivity index (χ4n) is 4.23. The number of nitrogens with zero attached hydrogens (tertiary/aromatic N) is 1. The third-order valence-electron chi connectivity index (χ3n) is 5.76. The molecule has 2 heterocycles. The van der Waals surface area contributed by atoms with Crippen molar-refractivity contribution >= 4 is 45.5 Å². The van der Waals surface area contributed by atoms with E-state index in [4.69, 9.17) is 0 Å². The number of benzene rings is 2. The van der Waals surface area contributed by atoms with Gasteiger partial charge in [0.05, 0.1) is 10.9 Å². The van der Waals surface area contributed by atoms with Gasteiger partial charge in [0.25, 0.3) is 0 Å². The van der Waals surface area contributed by atoms with Crippen LogP contribution in [0, 0.1) is 0 Å². The van der Waals surface area contributed by atoms with Crippen LogP contribution in [0.2, 0.25) is 0 Å². The Morgan fingerprint density at radius 2 is 1.84 bits per heavy atom. The lowest BCUT2D eigenvalue weighted by molar-refractivity contribution is -0.152. The van der Waals surface area contributed by atoms with Crippen LogP contribution in [0.1, 0.15) is 22.7 Å². The van der Waals surface area contributed by atoms with Crippen molar-refractivity contribution in [3.05, 3.63) is 71.3 Å². The fourth-order valence-corrected chi connectivity index (χ4v) is 5.96. The number of carboxylic acid groups (broad SMARTS) is 1. The number of carboxylic acids is 1. The molecule has 162 valence electrons. The number of nitrogens with one attached hydrogen (secondary N) is 1. The highest BCUT2D eigenvalue weighted by molar-refractivity contribution is 9.10. The van der Waals surface area contributed by atoms with Crippen molar-refractivity contribution in [2.75, 3.05) is 11.5 Å². The molecule has 0 saturated carbocycles. The van der Waals surface area contributed by atoms with Gasteiger partial charge in [-0.05, 0) is 23.1 Å². The molecule has 0 bridgehead atoms. The fraction of sp³-hybridized carbons (Fsp3) is 0.348. The van der Waals surface area contributed by atoms with Gasteiger partial charge in [0, 0.05) is 17.9 Å². The number of hydrogen-bond donors (Lipinski definition) is 2. The number of fused-ring (bicyclic) bond motifs is 3. The Kier molecular flexibility index (Phi) is 6.67. The standard InChI is InChI=1S/C23H23BrN2O4S/c24-17(10-14-6-2-1-3-7-14)21(27)25-18-11-15-8-4-5-9-16(15)19-12-31-13-20(23(29)30)26(19)22(18)28/h1-9,17-20H,10-13H2,(H,25,27)(H,29,30)/t17-,18-,19+,20-/m1/s1. The second kappa shape index (κ2) is 9.44. The Morgan fingerprint density at radius 1 is 1.13 bits per heavy atom. The topological polar surface area (TPSA) is 86.7 Å². The minimum atomic E-state index is -1.02. The lowest BCUT2D eigenvalue weighted by Gasteiger charge is -2.40. The summed E-state index contributed by atoms with van der Waals surface area (Å²) in [5, 5.41) is 12.6. The van der Waals surface area contributed by atoms with Gasteiger partial charge in [0.15, 0.2) is 0 Å². The van der Waals surface area contributed by atoms with Crippen LogP contribution in [-0.2, 0) is 27.2 Å². The Labute approximate surface area is 193 Å². The molecule has 0 aromatic heterocycles. The molecule has 2 aliphatic rings. The van der Waals surface area contributed by atoms with E-state index in [0.717, 1.165) is 16.7 Å². The minimum Gasteiger partial charge on any atom is -0.480 e. The summed E-state index contributed by atoms with van der Waals surface area (Å²) in [6.07, 6.45) is 0.834. The maximum Gasteiger partial charge on any atom is 0.327 e. The molecule has 1 saturated heterocycles. The molecule has 0 aliphatic carbocycles. The lowest BCUT2D eigenvalue weighted by atomic mass is 9.98. The van der Waals surface area contributed by atoms with Crippen molar-refractivity contribution in [2.45, 2.75) is 35.8 Å². The van der Waals surface area contributed by atoms with E-state index in [0.29, 0.717) is 24.3 Å². The van der Waals surface area contributed by atoms with E-state index >= 15 is 0 Å². The zero-order chi connectivity index (χ0) is 22.0. The van der Waals surface area contributed by atoms with E-state index in [-0.39, 0.29) is 17.9 Å².